The van der Waals surface area contributed by atoms with E-state index in [2.05, 4.69) is 45.1 Å². The third-order valence-electron chi connectivity index (χ3n) is 4.83. The van der Waals surface area contributed by atoms with E-state index in [1.807, 2.05) is 12.1 Å². The Bertz CT molecular complexity index is 479. The third-order valence-corrected chi connectivity index (χ3v) is 4.83. The lowest BCUT2D eigenvalue weighted by Crippen LogP contribution is -2.46. The Morgan fingerprint density at radius 3 is 2.33 bits per heavy atom. The third kappa shape index (κ3) is 11.6. The lowest BCUT2D eigenvalue weighted by atomic mass is 9.94. The predicted octanol–water partition coefficient (Wildman–Crippen LogP) is 4.62. The Kier molecular flexibility index (Phi) is 13.8. The van der Waals surface area contributed by atoms with Crippen molar-refractivity contribution in [2.75, 3.05) is 26.9 Å². The lowest BCUT2D eigenvalue weighted by Gasteiger charge is -2.28. The van der Waals surface area contributed by atoms with E-state index in [4.69, 9.17) is 9.47 Å². The molecular formula is C22H40ClNO3. The van der Waals surface area contributed by atoms with Crippen molar-refractivity contribution >= 4 is 12.4 Å². The largest absolute Gasteiger partial charge is 0.497 e. The average molecular weight is 402 g/mol. The highest BCUT2D eigenvalue weighted by molar-refractivity contribution is 5.85. The topological polar surface area (TPSA) is 50.7 Å². The van der Waals surface area contributed by atoms with Gasteiger partial charge in [-0.15, -0.1) is 12.4 Å². The summed E-state index contributed by atoms with van der Waals surface area (Å²) < 4.78 is 11.0. The first-order valence-electron chi connectivity index (χ1n) is 10.0. The highest BCUT2D eigenvalue weighted by Gasteiger charge is 2.19. The molecule has 158 valence electrons. The van der Waals surface area contributed by atoms with Crippen LogP contribution in [0, 0.1) is 5.92 Å². The molecule has 0 spiro atoms. The number of aliphatic hydroxyl groups excluding tert-OH is 1. The van der Waals surface area contributed by atoms with E-state index >= 15 is 0 Å². The van der Waals surface area contributed by atoms with Gasteiger partial charge in [0.25, 0.3) is 0 Å². The van der Waals surface area contributed by atoms with E-state index in [1.54, 1.807) is 7.11 Å². The van der Waals surface area contributed by atoms with Crippen LogP contribution < -0.4 is 10.1 Å². The molecular weight excluding hydrogens is 362 g/mol. The molecule has 0 heterocycles. The monoisotopic (exact) mass is 401 g/mol. The summed E-state index contributed by atoms with van der Waals surface area (Å²) >= 11 is 0. The molecule has 0 fully saturated rings. The van der Waals surface area contributed by atoms with Crippen LogP contribution in [0.1, 0.15) is 58.9 Å². The maximum atomic E-state index is 10.2. The number of methoxy groups -OCH3 is 1. The molecule has 4 nitrogen and oxygen atoms in total. The van der Waals surface area contributed by atoms with Crippen LogP contribution >= 0.6 is 12.4 Å². The van der Waals surface area contributed by atoms with Gasteiger partial charge in [0, 0.05) is 18.7 Å². The molecule has 0 aliphatic carbocycles. The summed E-state index contributed by atoms with van der Waals surface area (Å²) in [5, 5.41) is 13.7. The number of nitrogens with one attached hydrogen (secondary N) is 1. The number of hydrogen-bond acceptors (Lipinski definition) is 4. The van der Waals surface area contributed by atoms with Crippen LogP contribution in [-0.2, 0) is 11.2 Å². The van der Waals surface area contributed by atoms with E-state index in [1.165, 1.54) is 24.8 Å². The Morgan fingerprint density at radius 1 is 1.11 bits per heavy atom. The van der Waals surface area contributed by atoms with Gasteiger partial charge in [-0.3, -0.25) is 0 Å². The van der Waals surface area contributed by atoms with Gasteiger partial charge in [-0.2, -0.15) is 0 Å². The molecule has 0 bridgehead atoms. The van der Waals surface area contributed by atoms with Crippen molar-refractivity contribution in [2.45, 2.75) is 71.4 Å². The summed E-state index contributed by atoms with van der Waals surface area (Å²) in [5.74, 6) is 1.48. The molecule has 0 radical (unpaired) electrons. The van der Waals surface area contributed by atoms with Gasteiger partial charge in [-0.05, 0) is 50.3 Å². The number of rotatable bonds is 14. The Hall–Kier alpha value is -0.810. The number of unbranched alkanes of at least 4 members (excludes halogenated alkanes) is 1. The Balaban J connectivity index is 0.00000676. The highest BCUT2D eigenvalue weighted by Crippen LogP contribution is 2.17. The highest BCUT2D eigenvalue weighted by atomic mass is 35.5. The van der Waals surface area contributed by atoms with Crippen LogP contribution in [0.25, 0.3) is 0 Å². The summed E-state index contributed by atoms with van der Waals surface area (Å²) in [4.78, 5) is 0. The van der Waals surface area contributed by atoms with Crippen LogP contribution in [0.4, 0.5) is 0 Å². The molecule has 5 heteroatoms. The standard InChI is InChI=1S/C22H39NO3.ClH/c1-6-8-9-18(7-2)16-26-17-20(24)15-23-22(3,4)14-19-10-12-21(25-5)13-11-19;/h10-13,18,20,23-24H,6-9,14-17H2,1-5H3;1H. The van der Waals surface area contributed by atoms with Crippen molar-refractivity contribution in [1.82, 2.24) is 5.32 Å². The molecule has 1 aromatic carbocycles. The van der Waals surface area contributed by atoms with Crippen LogP contribution in [0.15, 0.2) is 24.3 Å². The van der Waals surface area contributed by atoms with Crippen LogP contribution in [0.2, 0.25) is 0 Å². The van der Waals surface area contributed by atoms with E-state index in [0.29, 0.717) is 19.1 Å². The SMILES string of the molecule is CCCCC(CC)COCC(O)CNC(C)(C)Cc1ccc(OC)cc1.Cl. The summed E-state index contributed by atoms with van der Waals surface area (Å²) in [6, 6.07) is 8.14. The zero-order valence-corrected chi connectivity index (χ0v) is 18.6. The first kappa shape index (κ1) is 26.2. The quantitative estimate of drug-likeness (QED) is 0.477. The van der Waals surface area contributed by atoms with E-state index < -0.39 is 6.10 Å². The van der Waals surface area contributed by atoms with Crippen LogP contribution in [0.3, 0.4) is 0 Å². The number of benzene rings is 1. The second kappa shape index (κ2) is 14.2. The fourth-order valence-corrected chi connectivity index (χ4v) is 3.04. The number of β-amino-alcohol motifs (C(OH)–C–C–N with tert-alkyl or cyclic N) is 1. The van der Waals surface area contributed by atoms with Crippen LogP contribution in [-0.4, -0.2) is 43.6 Å². The second-order valence-corrected chi connectivity index (χ2v) is 7.90. The van der Waals surface area contributed by atoms with Crippen molar-refractivity contribution in [3.8, 4) is 5.75 Å². The second-order valence-electron chi connectivity index (χ2n) is 7.90. The minimum atomic E-state index is -0.478. The molecule has 0 saturated carbocycles. The molecule has 0 amide bonds. The van der Waals surface area contributed by atoms with E-state index in [9.17, 15) is 5.11 Å². The molecule has 27 heavy (non-hydrogen) atoms. The predicted molar refractivity (Wildman–Crippen MR) is 116 cm³/mol. The van der Waals surface area contributed by atoms with Crippen molar-refractivity contribution in [3.63, 3.8) is 0 Å². The zero-order chi connectivity index (χ0) is 19.4. The lowest BCUT2D eigenvalue weighted by molar-refractivity contribution is 0.0167. The Labute approximate surface area is 172 Å². The van der Waals surface area contributed by atoms with E-state index in [0.717, 1.165) is 25.2 Å². The van der Waals surface area contributed by atoms with Gasteiger partial charge in [0.1, 0.15) is 5.75 Å². The van der Waals surface area contributed by atoms with Gasteiger partial charge < -0.3 is 19.9 Å². The zero-order valence-electron chi connectivity index (χ0n) is 17.8. The van der Waals surface area contributed by atoms with Crippen LogP contribution in [0.5, 0.6) is 5.75 Å². The molecule has 1 rings (SSSR count). The van der Waals surface area contributed by atoms with Crippen molar-refractivity contribution in [1.29, 1.82) is 0 Å². The number of halogens is 1. The van der Waals surface area contributed by atoms with Crippen molar-refractivity contribution in [3.05, 3.63) is 29.8 Å². The molecule has 2 unspecified atom stereocenters. The molecule has 0 aliphatic rings. The fourth-order valence-electron chi connectivity index (χ4n) is 3.04. The summed E-state index contributed by atoms with van der Waals surface area (Å²) in [5.41, 5.74) is 1.15. The number of hydrogen-bond donors (Lipinski definition) is 2. The van der Waals surface area contributed by atoms with Gasteiger partial charge in [-0.1, -0.05) is 45.2 Å². The molecule has 0 aliphatic heterocycles. The Morgan fingerprint density at radius 2 is 1.78 bits per heavy atom. The minimum absolute atomic E-state index is 0. The van der Waals surface area contributed by atoms with Gasteiger partial charge in [0.2, 0.25) is 0 Å². The average Bonchev–Trinajstić information content (AvgIpc) is 2.63. The molecule has 2 N–H and O–H groups in total. The van der Waals surface area contributed by atoms with Crippen molar-refractivity contribution < 1.29 is 14.6 Å². The number of aliphatic hydroxyl groups is 1. The summed E-state index contributed by atoms with van der Waals surface area (Å²) in [6.45, 7) is 10.4. The maximum Gasteiger partial charge on any atom is 0.118 e. The minimum Gasteiger partial charge on any atom is -0.497 e. The van der Waals surface area contributed by atoms with Gasteiger partial charge in [0.15, 0.2) is 0 Å². The summed E-state index contributed by atoms with van der Waals surface area (Å²) in [6.07, 6.45) is 5.26. The maximum absolute atomic E-state index is 10.2. The van der Waals surface area contributed by atoms with Crippen molar-refractivity contribution in [2.24, 2.45) is 5.92 Å². The first-order chi connectivity index (χ1) is 12.4. The number of ether oxygens (including phenoxy) is 2. The molecule has 0 saturated heterocycles. The molecule has 2 atom stereocenters. The van der Waals surface area contributed by atoms with Gasteiger partial charge in [0.05, 0.1) is 19.8 Å². The molecule has 1 aromatic rings. The summed E-state index contributed by atoms with van der Waals surface area (Å²) in [7, 11) is 1.68. The van der Waals surface area contributed by atoms with Gasteiger partial charge in [-0.25, -0.2) is 0 Å². The normalized spacial score (nSPS) is 13.7. The smallest absolute Gasteiger partial charge is 0.118 e. The first-order valence-corrected chi connectivity index (χ1v) is 10.0. The van der Waals surface area contributed by atoms with E-state index in [-0.39, 0.29) is 17.9 Å². The van der Waals surface area contributed by atoms with Gasteiger partial charge >= 0.3 is 0 Å². The molecule has 0 aromatic heterocycles. The fraction of sp³-hybridized carbons (Fsp3) is 0.727.